The summed E-state index contributed by atoms with van der Waals surface area (Å²) >= 11 is 3.11. The molecule has 1 heterocycles. The smallest absolute Gasteiger partial charge is 0.208 e. The van der Waals surface area contributed by atoms with Crippen molar-refractivity contribution in [2.75, 3.05) is 0 Å². The molecule has 0 saturated heterocycles. The molecule has 0 aliphatic heterocycles. The predicted octanol–water partition coefficient (Wildman–Crippen LogP) is 0.896. The van der Waals surface area contributed by atoms with Gasteiger partial charge < -0.3 is 10.2 Å². The molecule has 0 amide bonds. The van der Waals surface area contributed by atoms with E-state index in [0.717, 1.165) is 0 Å². The van der Waals surface area contributed by atoms with Gasteiger partial charge in [-0.1, -0.05) is 0 Å². The van der Waals surface area contributed by atoms with E-state index in [9.17, 15) is 0 Å². The van der Waals surface area contributed by atoms with Crippen LogP contribution in [-0.4, -0.2) is 4.98 Å². The van der Waals surface area contributed by atoms with Crippen LogP contribution in [0.3, 0.4) is 0 Å². The molecule has 0 saturated carbocycles. The van der Waals surface area contributed by atoms with Gasteiger partial charge in [0.05, 0.1) is 6.54 Å². The van der Waals surface area contributed by atoms with E-state index in [1.165, 1.54) is 6.26 Å². The van der Waals surface area contributed by atoms with Gasteiger partial charge in [0.25, 0.3) is 0 Å². The van der Waals surface area contributed by atoms with Crippen LogP contribution >= 0.6 is 15.9 Å². The molecule has 0 atom stereocenters. The lowest BCUT2D eigenvalue weighted by molar-refractivity contribution is 0.497. The molecule has 0 fully saturated rings. The van der Waals surface area contributed by atoms with Gasteiger partial charge in [0.15, 0.2) is 0 Å². The number of hydrogen-bond donors (Lipinski definition) is 1. The molecule has 4 heteroatoms. The molecule has 8 heavy (non-hydrogen) atoms. The number of rotatable bonds is 1. The van der Waals surface area contributed by atoms with Crippen molar-refractivity contribution in [1.29, 1.82) is 0 Å². The fourth-order valence-corrected chi connectivity index (χ4v) is 0.673. The highest BCUT2D eigenvalue weighted by Crippen LogP contribution is 2.06. The lowest BCUT2D eigenvalue weighted by Crippen LogP contribution is -1.95. The summed E-state index contributed by atoms with van der Waals surface area (Å²) < 4.78 is 5.52. The molecule has 1 aromatic heterocycles. The average Bonchev–Trinajstić information content (AvgIpc) is 2.14. The van der Waals surface area contributed by atoms with E-state index in [1.807, 2.05) is 0 Å². The monoisotopic (exact) mass is 176 g/mol. The Bertz CT molecular complexity index is 174. The van der Waals surface area contributed by atoms with Gasteiger partial charge in [-0.2, -0.15) is 0 Å². The van der Waals surface area contributed by atoms with E-state index in [-0.39, 0.29) is 0 Å². The molecular weight excluding hydrogens is 172 g/mol. The summed E-state index contributed by atoms with van der Waals surface area (Å²) in [6.45, 7) is 0.353. The maximum Gasteiger partial charge on any atom is 0.208 e. The van der Waals surface area contributed by atoms with E-state index < -0.39 is 0 Å². The number of nitrogens with two attached hydrogens (primary N) is 1. The van der Waals surface area contributed by atoms with Gasteiger partial charge in [-0.3, -0.25) is 0 Å². The van der Waals surface area contributed by atoms with Crippen LogP contribution in [0.15, 0.2) is 15.3 Å². The quantitative estimate of drug-likeness (QED) is 0.693. The summed E-state index contributed by atoms with van der Waals surface area (Å²) in [5, 5.41) is 0. The van der Waals surface area contributed by atoms with Gasteiger partial charge in [0.2, 0.25) is 5.89 Å². The Morgan fingerprint density at radius 3 is 2.88 bits per heavy atom. The van der Waals surface area contributed by atoms with Crippen molar-refractivity contribution in [2.45, 2.75) is 6.54 Å². The second kappa shape index (κ2) is 2.28. The van der Waals surface area contributed by atoms with Crippen LogP contribution in [-0.2, 0) is 6.54 Å². The SMILES string of the molecule is NCc1nc(Br)co1. The summed E-state index contributed by atoms with van der Waals surface area (Å²) in [6.07, 6.45) is 1.50. The molecule has 1 rings (SSSR count). The van der Waals surface area contributed by atoms with E-state index in [2.05, 4.69) is 20.9 Å². The molecule has 2 N–H and O–H groups in total. The van der Waals surface area contributed by atoms with Crippen molar-refractivity contribution in [1.82, 2.24) is 4.98 Å². The first-order valence-electron chi connectivity index (χ1n) is 2.13. The molecule has 3 nitrogen and oxygen atoms in total. The van der Waals surface area contributed by atoms with Crippen LogP contribution in [0.25, 0.3) is 0 Å². The number of halogens is 1. The summed E-state index contributed by atoms with van der Waals surface area (Å²) in [5.74, 6) is 0.553. The topological polar surface area (TPSA) is 52.0 Å². The summed E-state index contributed by atoms with van der Waals surface area (Å²) in [4.78, 5) is 3.85. The first-order valence-corrected chi connectivity index (χ1v) is 2.92. The van der Waals surface area contributed by atoms with Crippen molar-refractivity contribution < 1.29 is 4.42 Å². The minimum atomic E-state index is 0.353. The second-order valence-electron chi connectivity index (χ2n) is 1.27. The van der Waals surface area contributed by atoms with E-state index >= 15 is 0 Å². The fourth-order valence-electron chi connectivity index (χ4n) is 0.382. The Hall–Kier alpha value is -0.350. The Kier molecular flexibility index (Phi) is 1.65. The van der Waals surface area contributed by atoms with Crippen molar-refractivity contribution in [3.63, 3.8) is 0 Å². The molecule has 0 bridgehead atoms. The standard InChI is InChI=1S/C4H5BrN2O/c5-3-2-8-4(1-6)7-3/h2H,1,6H2. The summed E-state index contributed by atoms with van der Waals surface area (Å²) in [5.41, 5.74) is 5.19. The highest BCUT2D eigenvalue weighted by molar-refractivity contribution is 9.10. The van der Waals surface area contributed by atoms with Crippen LogP contribution in [0, 0.1) is 0 Å². The van der Waals surface area contributed by atoms with Gasteiger partial charge in [-0.05, 0) is 15.9 Å². The van der Waals surface area contributed by atoms with Crippen LogP contribution in [0.4, 0.5) is 0 Å². The third-order valence-corrected chi connectivity index (χ3v) is 1.06. The third-order valence-electron chi connectivity index (χ3n) is 0.698. The van der Waals surface area contributed by atoms with Crippen LogP contribution in [0.2, 0.25) is 0 Å². The van der Waals surface area contributed by atoms with Crippen LogP contribution in [0.1, 0.15) is 5.89 Å². The molecule has 44 valence electrons. The van der Waals surface area contributed by atoms with E-state index in [0.29, 0.717) is 17.0 Å². The molecule has 0 spiro atoms. The summed E-state index contributed by atoms with van der Waals surface area (Å²) in [6, 6.07) is 0. The number of hydrogen-bond acceptors (Lipinski definition) is 3. The Labute approximate surface area is 55.0 Å². The van der Waals surface area contributed by atoms with E-state index in [4.69, 9.17) is 10.2 Å². The summed E-state index contributed by atoms with van der Waals surface area (Å²) in [7, 11) is 0. The van der Waals surface area contributed by atoms with Gasteiger partial charge >= 0.3 is 0 Å². The van der Waals surface area contributed by atoms with Crippen molar-refractivity contribution in [2.24, 2.45) is 5.73 Å². The van der Waals surface area contributed by atoms with Crippen LogP contribution < -0.4 is 5.73 Å². The van der Waals surface area contributed by atoms with Crippen LogP contribution in [0.5, 0.6) is 0 Å². The Balaban J connectivity index is 2.84. The fraction of sp³-hybridized carbons (Fsp3) is 0.250. The molecule has 0 aliphatic carbocycles. The van der Waals surface area contributed by atoms with Gasteiger partial charge in [0.1, 0.15) is 10.9 Å². The average molecular weight is 177 g/mol. The Morgan fingerprint density at radius 1 is 1.88 bits per heavy atom. The zero-order valence-electron chi connectivity index (χ0n) is 4.10. The maximum absolute atomic E-state index is 5.19. The largest absolute Gasteiger partial charge is 0.446 e. The molecule has 0 aliphatic rings. The maximum atomic E-state index is 5.19. The molecule has 1 aromatic rings. The highest BCUT2D eigenvalue weighted by Gasteiger charge is 1.94. The van der Waals surface area contributed by atoms with Gasteiger partial charge in [-0.15, -0.1) is 0 Å². The van der Waals surface area contributed by atoms with E-state index in [1.54, 1.807) is 0 Å². The number of aromatic nitrogens is 1. The molecule has 0 radical (unpaired) electrons. The zero-order chi connectivity index (χ0) is 5.98. The second-order valence-corrected chi connectivity index (χ2v) is 2.08. The lowest BCUT2D eigenvalue weighted by atomic mass is 10.7. The number of oxazole rings is 1. The zero-order valence-corrected chi connectivity index (χ0v) is 5.68. The molecule has 0 aromatic carbocycles. The first-order chi connectivity index (χ1) is 3.83. The van der Waals surface area contributed by atoms with Crippen molar-refractivity contribution in [3.8, 4) is 0 Å². The third kappa shape index (κ3) is 1.08. The highest BCUT2D eigenvalue weighted by atomic mass is 79.9. The predicted molar refractivity (Wildman–Crippen MR) is 32.1 cm³/mol. The van der Waals surface area contributed by atoms with Crippen molar-refractivity contribution in [3.05, 3.63) is 16.8 Å². The lowest BCUT2D eigenvalue weighted by Gasteiger charge is -1.78. The Morgan fingerprint density at radius 2 is 2.62 bits per heavy atom. The number of nitrogens with zero attached hydrogens (tertiary/aromatic N) is 1. The minimum Gasteiger partial charge on any atom is -0.446 e. The molecular formula is C4H5BrN2O. The normalized spacial score (nSPS) is 9.75. The van der Waals surface area contributed by atoms with Gasteiger partial charge in [0, 0.05) is 0 Å². The first kappa shape index (κ1) is 5.78. The minimum absolute atomic E-state index is 0.353. The molecule has 0 unspecified atom stereocenters. The van der Waals surface area contributed by atoms with Gasteiger partial charge in [-0.25, -0.2) is 4.98 Å². The van der Waals surface area contributed by atoms with Crippen molar-refractivity contribution >= 4 is 15.9 Å².